The molecule has 0 fully saturated rings. The lowest BCUT2D eigenvalue weighted by Crippen LogP contribution is -2.38. The average Bonchev–Trinajstić information content (AvgIpc) is 2.73. The summed E-state index contributed by atoms with van der Waals surface area (Å²) in [6.07, 6.45) is 9.42. The van der Waals surface area contributed by atoms with Gasteiger partial charge in [0.25, 0.3) is 5.79 Å². The van der Waals surface area contributed by atoms with Crippen molar-refractivity contribution in [2.24, 2.45) is 0 Å². The largest absolute Gasteiger partial charge is 0.415 e. The maximum Gasteiger partial charge on any atom is 0.333 e. The Hall–Kier alpha value is -3.14. The number of benzene rings is 1. The van der Waals surface area contributed by atoms with Gasteiger partial charge < -0.3 is 9.47 Å². The van der Waals surface area contributed by atoms with Crippen molar-refractivity contribution in [3.63, 3.8) is 0 Å². The maximum absolute atomic E-state index is 11.7. The zero-order valence-electron chi connectivity index (χ0n) is 16.4. The highest BCUT2D eigenvalue weighted by Gasteiger charge is 2.36. The van der Waals surface area contributed by atoms with E-state index in [0.29, 0.717) is 0 Å². The van der Waals surface area contributed by atoms with Crippen LogP contribution in [0.5, 0.6) is 0 Å². The predicted octanol–water partition coefficient (Wildman–Crippen LogP) is 5.30. The van der Waals surface area contributed by atoms with Gasteiger partial charge in [-0.3, -0.25) is 0 Å². The van der Waals surface area contributed by atoms with Crippen molar-refractivity contribution in [3.8, 4) is 0 Å². The van der Waals surface area contributed by atoms with Gasteiger partial charge in [0.15, 0.2) is 0 Å². The van der Waals surface area contributed by atoms with Crippen molar-refractivity contribution < 1.29 is 19.1 Å². The topological polar surface area (TPSA) is 52.6 Å². The minimum atomic E-state index is -1.49. The molecule has 1 aliphatic carbocycles. The van der Waals surface area contributed by atoms with Crippen molar-refractivity contribution in [3.05, 3.63) is 90.6 Å². The second kappa shape index (κ2) is 9.70. The molecule has 2 rings (SSSR count). The first-order chi connectivity index (χ1) is 13.5. The first-order valence-corrected chi connectivity index (χ1v) is 9.36. The number of rotatable bonds is 8. The summed E-state index contributed by atoms with van der Waals surface area (Å²) in [5.41, 5.74) is 4.69. The lowest BCUT2D eigenvalue weighted by Gasteiger charge is -2.31. The van der Waals surface area contributed by atoms with Crippen LogP contribution in [0.3, 0.4) is 0 Å². The molecule has 0 spiro atoms. The molecule has 0 atom stereocenters. The highest BCUT2D eigenvalue weighted by molar-refractivity contribution is 5.84. The molecule has 0 saturated heterocycles. The lowest BCUT2D eigenvalue weighted by atomic mass is 9.88. The SMILES string of the molecule is C=CC(=O)OC1(OC(=O)C=C)C=CC(C(CC)=C(CC)c2ccccc2)=CC1. The van der Waals surface area contributed by atoms with Gasteiger partial charge in [-0.2, -0.15) is 0 Å². The third kappa shape index (κ3) is 4.97. The van der Waals surface area contributed by atoms with Gasteiger partial charge in [-0.25, -0.2) is 9.59 Å². The standard InChI is InChI=1S/C24H26O4/c1-5-20(18-12-10-9-11-13-18)21(6-2)19-14-16-24(17-15-19,27-22(25)7-3)28-23(26)8-4/h7-16H,3-6,17H2,1-2H3. The number of hydrogen-bond acceptors (Lipinski definition) is 4. The molecule has 0 amide bonds. The Morgan fingerprint density at radius 2 is 1.57 bits per heavy atom. The summed E-state index contributed by atoms with van der Waals surface area (Å²) in [6.45, 7) is 11.0. The van der Waals surface area contributed by atoms with E-state index in [4.69, 9.17) is 9.47 Å². The molecule has 0 bridgehead atoms. The highest BCUT2D eigenvalue weighted by Crippen LogP contribution is 2.35. The van der Waals surface area contributed by atoms with Crippen molar-refractivity contribution in [2.75, 3.05) is 0 Å². The molecule has 146 valence electrons. The van der Waals surface area contributed by atoms with Crippen LogP contribution in [0.15, 0.2) is 85.0 Å². The summed E-state index contributed by atoms with van der Waals surface area (Å²) in [6, 6.07) is 10.3. The van der Waals surface area contributed by atoms with E-state index in [0.717, 1.165) is 30.6 Å². The zero-order valence-corrected chi connectivity index (χ0v) is 16.4. The molecule has 0 radical (unpaired) electrons. The Morgan fingerprint density at radius 1 is 1.00 bits per heavy atom. The van der Waals surface area contributed by atoms with Crippen molar-refractivity contribution in [2.45, 2.75) is 38.9 Å². The van der Waals surface area contributed by atoms with E-state index >= 15 is 0 Å². The Bertz CT molecular complexity index is 819. The number of carbonyl (C=O) groups is 2. The molecule has 0 N–H and O–H groups in total. The van der Waals surface area contributed by atoms with Crippen LogP contribution >= 0.6 is 0 Å². The molecule has 0 saturated carbocycles. The van der Waals surface area contributed by atoms with E-state index in [-0.39, 0.29) is 6.42 Å². The molecule has 0 unspecified atom stereocenters. The summed E-state index contributed by atoms with van der Waals surface area (Å²) < 4.78 is 10.7. The molecular weight excluding hydrogens is 352 g/mol. The Kier molecular flexibility index (Phi) is 7.33. The van der Waals surface area contributed by atoms with Crippen molar-refractivity contribution in [1.82, 2.24) is 0 Å². The number of allylic oxidation sites excluding steroid dienone is 4. The van der Waals surface area contributed by atoms with Gasteiger partial charge in [0, 0.05) is 24.6 Å². The molecule has 1 aliphatic rings. The fourth-order valence-corrected chi connectivity index (χ4v) is 3.25. The van der Waals surface area contributed by atoms with Gasteiger partial charge in [-0.1, -0.05) is 69.5 Å². The van der Waals surface area contributed by atoms with E-state index in [9.17, 15) is 9.59 Å². The molecule has 1 aromatic carbocycles. The van der Waals surface area contributed by atoms with Crippen LogP contribution in [0.2, 0.25) is 0 Å². The molecular formula is C24H26O4. The summed E-state index contributed by atoms with van der Waals surface area (Å²) in [5, 5.41) is 0. The fourth-order valence-electron chi connectivity index (χ4n) is 3.25. The smallest absolute Gasteiger partial charge is 0.333 e. The zero-order chi connectivity index (χ0) is 20.6. The maximum atomic E-state index is 11.7. The van der Waals surface area contributed by atoms with E-state index in [2.05, 4.69) is 39.1 Å². The number of esters is 2. The van der Waals surface area contributed by atoms with Crippen LogP contribution in [0.1, 0.15) is 38.7 Å². The molecule has 1 aromatic rings. The third-order valence-electron chi connectivity index (χ3n) is 4.55. The van der Waals surface area contributed by atoms with Gasteiger partial charge in [0.05, 0.1) is 0 Å². The van der Waals surface area contributed by atoms with Crippen LogP contribution in [0.4, 0.5) is 0 Å². The first-order valence-electron chi connectivity index (χ1n) is 9.36. The van der Waals surface area contributed by atoms with Crippen LogP contribution < -0.4 is 0 Å². The monoisotopic (exact) mass is 378 g/mol. The van der Waals surface area contributed by atoms with Gasteiger partial charge in [-0.15, -0.1) is 0 Å². The van der Waals surface area contributed by atoms with Gasteiger partial charge in [0.2, 0.25) is 0 Å². The minimum Gasteiger partial charge on any atom is -0.415 e. The quantitative estimate of drug-likeness (QED) is 0.350. The summed E-state index contributed by atoms with van der Waals surface area (Å²) in [7, 11) is 0. The molecule has 4 nitrogen and oxygen atoms in total. The van der Waals surface area contributed by atoms with E-state index in [1.54, 1.807) is 6.08 Å². The number of ether oxygens (including phenoxy) is 2. The minimum absolute atomic E-state index is 0.216. The number of carbonyl (C=O) groups excluding carboxylic acids is 2. The summed E-state index contributed by atoms with van der Waals surface area (Å²) >= 11 is 0. The molecule has 28 heavy (non-hydrogen) atoms. The first kappa shape index (κ1) is 21.2. The third-order valence-corrected chi connectivity index (χ3v) is 4.55. The van der Waals surface area contributed by atoms with Crippen LogP contribution in [-0.2, 0) is 19.1 Å². The Labute approximate surface area is 166 Å². The second-order valence-corrected chi connectivity index (χ2v) is 6.29. The van der Waals surface area contributed by atoms with Crippen LogP contribution in [0.25, 0.3) is 5.57 Å². The van der Waals surface area contributed by atoms with Gasteiger partial charge >= 0.3 is 11.9 Å². The summed E-state index contributed by atoms with van der Waals surface area (Å²) in [4.78, 5) is 23.5. The van der Waals surface area contributed by atoms with Crippen molar-refractivity contribution >= 4 is 17.5 Å². The Balaban J connectivity index is 2.39. The Morgan fingerprint density at radius 3 is 2.00 bits per heavy atom. The van der Waals surface area contributed by atoms with E-state index < -0.39 is 17.7 Å². The molecule has 0 aliphatic heterocycles. The fraction of sp³-hybridized carbons (Fsp3) is 0.250. The van der Waals surface area contributed by atoms with Crippen LogP contribution in [-0.4, -0.2) is 17.7 Å². The highest BCUT2D eigenvalue weighted by atomic mass is 16.7. The molecule has 0 heterocycles. The van der Waals surface area contributed by atoms with Gasteiger partial charge in [0.1, 0.15) is 0 Å². The molecule has 0 aromatic heterocycles. The van der Waals surface area contributed by atoms with Crippen molar-refractivity contribution in [1.29, 1.82) is 0 Å². The van der Waals surface area contributed by atoms with Gasteiger partial charge in [-0.05, 0) is 35.1 Å². The normalized spacial score (nSPS) is 15.7. The lowest BCUT2D eigenvalue weighted by molar-refractivity contribution is -0.204. The number of hydrogen-bond donors (Lipinski definition) is 0. The van der Waals surface area contributed by atoms with E-state index in [1.807, 2.05) is 30.4 Å². The summed E-state index contributed by atoms with van der Waals surface area (Å²) in [5.74, 6) is -2.82. The second-order valence-electron chi connectivity index (χ2n) is 6.29. The van der Waals surface area contributed by atoms with Crippen LogP contribution in [0, 0.1) is 0 Å². The predicted molar refractivity (Wildman–Crippen MR) is 111 cm³/mol. The van der Waals surface area contributed by atoms with E-state index in [1.165, 1.54) is 16.7 Å². The molecule has 4 heteroatoms. The average molecular weight is 378 g/mol.